The van der Waals surface area contributed by atoms with Gasteiger partial charge in [-0.3, -0.25) is 4.98 Å². The SMILES string of the molecule is O=C(O)c1ccnc(N2CCC(O)(c3ccc(OCc4c(-c5c(Cl)cncc5Cl)noc4C4CC4)cc3Cl)CC2)c1. The van der Waals surface area contributed by atoms with Crippen molar-refractivity contribution in [2.45, 2.75) is 43.8 Å². The minimum Gasteiger partial charge on any atom is -0.489 e. The van der Waals surface area contributed by atoms with Gasteiger partial charge in [0.1, 0.15) is 29.6 Å². The van der Waals surface area contributed by atoms with Gasteiger partial charge in [-0.25, -0.2) is 9.78 Å². The molecule has 0 amide bonds. The van der Waals surface area contributed by atoms with E-state index in [1.165, 1.54) is 30.7 Å². The summed E-state index contributed by atoms with van der Waals surface area (Å²) in [5.41, 5.74) is 1.48. The Balaban J connectivity index is 1.17. The van der Waals surface area contributed by atoms with Gasteiger partial charge in [0.15, 0.2) is 0 Å². The predicted molar refractivity (Wildman–Crippen MR) is 154 cm³/mol. The first kappa shape index (κ1) is 27.8. The van der Waals surface area contributed by atoms with Gasteiger partial charge in [-0.2, -0.15) is 0 Å². The molecule has 4 heterocycles. The molecular formula is C29H25Cl3N4O5. The van der Waals surface area contributed by atoms with Crippen molar-refractivity contribution in [3.63, 3.8) is 0 Å². The smallest absolute Gasteiger partial charge is 0.335 e. The summed E-state index contributed by atoms with van der Waals surface area (Å²) in [5.74, 6) is 1.12. The standard InChI is InChI=1S/C29H25Cl3N4O5/c30-21-12-18(40-15-19-26(35-41-27(19)16-1-2-16)25-22(31)13-33-14-23(25)32)3-4-20(21)29(39)6-9-36(10-7-29)24-11-17(28(37)38)5-8-34-24/h3-5,8,11-14,16,39H,1-2,6-7,9-10,15H2,(H,37,38). The number of pyridine rings is 2. The number of anilines is 1. The first-order valence-corrected chi connectivity index (χ1v) is 14.2. The maximum Gasteiger partial charge on any atom is 0.335 e. The molecule has 1 aliphatic carbocycles. The van der Waals surface area contributed by atoms with E-state index in [1.807, 2.05) is 4.90 Å². The third kappa shape index (κ3) is 5.59. The second-order valence-electron chi connectivity index (χ2n) is 10.3. The zero-order valence-electron chi connectivity index (χ0n) is 21.7. The first-order chi connectivity index (χ1) is 19.7. The number of halogens is 3. The number of piperidine rings is 1. The van der Waals surface area contributed by atoms with E-state index in [2.05, 4.69) is 15.1 Å². The van der Waals surface area contributed by atoms with Gasteiger partial charge in [-0.05, 0) is 49.9 Å². The molecule has 1 saturated heterocycles. The minimum atomic E-state index is -1.15. The van der Waals surface area contributed by atoms with Crippen LogP contribution in [0.2, 0.25) is 15.1 Å². The molecule has 212 valence electrons. The summed E-state index contributed by atoms with van der Waals surface area (Å²) in [6.45, 7) is 1.14. The maximum atomic E-state index is 11.5. The lowest BCUT2D eigenvalue weighted by atomic mass is 9.84. The van der Waals surface area contributed by atoms with Crippen LogP contribution in [-0.2, 0) is 12.2 Å². The molecule has 12 heteroatoms. The Morgan fingerprint density at radius 1 is 1.07 bits per heavy atom. The van der Waals surface area contributed by atoms with E-state index >= 15 is 0 Å². The molecule has 4 aromatic rings. The lowest BCUT2D eigenvalue weighted by Crippen LogP contribution is -2.43. The number of carbonyl (C=O) groups is 1. The Kier molecular flexibility index (Phi) is 7.54. The highest BCUT2D eigenvalue weighted by molar-refractivity contribution is 6.38. The Morgan fingerprint density at radius 2 is 1.80 bits per heavy atom. The molecule has 2 aliphatic rings. The predicted octanol–water partition coefficient (Wildman–Crippen LogP) is 6.73. The number of aromatic carboxylic acids is 1. The maximum absolute atomic E-state index is 11.5. The second kappa shape index (κ2) is 11.1. The highest BCUT2D eigenvalue weighted by Crippen LogP contribution is 2.46. The number of ether oxygens (including phenoxy) is 1. The van der Waals surface area contributed by atoms with E-state index in [0.717, 1.165) is 24.2 Å². The zero-order chi connectivity index (χ0) is 28.7. The molecule has 6 rings (SSSR count). The number of aliphatic hydroxyl groups is 1. The van der Waals surface area contributed by atoms with E-state index in [4.69, 9.17) is 44.1 Å². The van der Waals surface area contributed by atoms with E-state index in [1.54, 1.807) is 18.2 Å². The molecule has 9 nitrogen and oxygen atoms in total. The lowest BCUT2D eigenvalue weighted by Gasteiger charge is -2.39. The third-order valence-electron chi connectivity index (χ3n) is 7.59. The molecule has 2 fully saturated rings. The molecule has 0 bridgehead atoms. The van der Waals surface area contributed by atoms with Crippen molar-refractivity contribution in [3.8, 4) is 17.0 Å². The number of nitrogens with zero attached hydrogens (tertiary/aromatic N) is 4. The monoisotopic (exact) mass is 614 g/mol. The quantitative estimate of drug-likeness (QED) is 0.222. The molecule has 1 saturated carbocycles. The van der Waals surface area contributed by atoms with Gasteiger partial charge in [-0.1, -0.05) is 46.0 Å². The van der Waals surface area contributed by atoms with Crippen molar-refractivity contribution in [2.24, 2.45) is 0 Å². The minimum absolute atomic E-state index is 0.164. The van der Waals surface area contributed by atoms with E-state index < -0.39 is 11.6 Å². The van der Waals surface area contributed by atoms with Gasteiger partial charge in [0, 0.05) is 48.7 Å². The topological polar surface area (TPSA) is 122 Å². The Morgan fingerprint density at radius 3 is 2.46 bits per heavy atom. The van der Waals surface area contributed by atoms with Crippen molar-refractivity contribution in [1.82, 2.24) is 15.1 Å². The molecule has 41 heavy (non-hydrogen) atoms. The third-order valence-corrected chi connectivity index (χ3v) is 8.47. The van der Waals surface area contributed by atoms with Crippen molar-refractivity contribution in [1.29, 1.82) is 0 Å². The van der Waals surface area contributed by atoms with Gasteiger partial charge in [-0.15, -0.1) is 0 Å². The number of carboxylic acids is 1. The van der Waals surface area contributed by atoms with Crippen LogP contribution in [0.4, 0.5) is 5.82 Å². The van der Waals surface area contributed by atoms with Crippen molar-refractivity contribution in [2.75, 3.05) is 18.0 Å². The first-order valence-electron chi connectivity index (χ1n) is 13.1. The van der Waals surface area contributed by atoms with Gasteiger partial charge < -0.3 is 24.4 Å². The van der Waals surface area contributed by atoms with Gasteiger partial charge >= 0.3 is 5.97 Å². The molecule has 2 N–H and O–H groups in total. The van der Waals surface area contributed by atoms with Crippen LogP contribution in [0.25, 0.3) is 11.3 Å². The lowest BCUT2D eigenvalue weighted by molar-refractivity contribution is 0.0117. The molecule has 1 aromatic carbocycles. The van der Waals surface area contributed by atoms with Crippen LogP contribution >= 0.6 is 34.8 Å². The molecule has 0 unspecified atom stereocenters. The highest BCUT2D eigenvalue weighted by atomic mass is 35.5. The number of rotatable bonds is 8. The number of carboxylic acid groups (broad SMARTS) is 1. The number of benzene rings is 1. The fraction of sp³-hybridized carbons (Fsp3) is 0.310. The average Bonchev–Trinajstić information content (AvgIpc) is 3.72. The van der Waals surface area contributed by atoms with Crippen LogP contribution in [-0.4, -0.2) is 44.4 Å². The van der Waals surface area contributed by atoms with Gasteiger partial charge in [0.25, 0.3) is 0 Å². The number of hydrogen-bond acceptors (Lipinski definition) is 8. The van der Waals surface area contributed by atoms with Gasteiger partial charge in [0.05, 0.1) is 31.8 Å². The summed E-state index contributed by atoms with van der Waals surface area (Å²) < 4.78 is 11.8. The highest BCUT2D eigenvalue weighted by Gasteiger charge is 2.37. The zero-order valence-corrected chi connectivity index (χ0v) is 24.0. The fourth-order valence-corrected chi connectivity index (χ4v) is 6.07. The molecule has 0 spiro atoms. The summed E-state index contributed by atoms with van der Waals surface area (Å²) in [7, 11) is 0. The van der Waals surface area contributed by atoms with Crippen molar-refractivity contribution < 1.29 is 24.3 Å². The molecule has 1 aliphatic heterocycles. The van der Waals surface area contributed by atoms with Crippen molar-refractivity contribution in [3.05, 3.63) is 86.4 Å². The van der Waals surface area contributed by atoms with Crippen LogP contribution in [0, 0.1) is 0 Å². The summed E-state index contributed by atoms with van der Waals surface area (Å²) in [6.07, 6.45) is 7.31. The second-order valence-corrected chi connectivity index (χ2v) is 11.5. The summed E-state index contributed by atoms with van der Waals surface area (Å²) in [6, 6.07) is 8.24. The van der Waals surface area contributed by atoms with E-state index in [9.17, 15) is 15.0 Å². The fourth-order valence-electron chi connectivity index (χ4n) is 5.18. The number of aromatic nitrogens is 3. The summed E-state index contributed by atoms with van der Waals surface area (Å²) >= 11 is 19.5. The Hall–Kier alpha value is -3.37. The molecule has 0 radical (unpaired) electrons. The Bertz CT molecular complexity index is 1600. The van der Waals surface area contributed by atoms with Crippen LogP contribution in [0.1, 0.15) is 58.8 Å². The largest absolute Gasteiger partial charge is 0.489 e. The Labute approximate surface area is 250 Å². The molecular weight excluding hydrogens is 591 g/mol. The summed E-state index contributed by atoms with van der Waals surface area (Å²) in [4.78, 5) is 21.6. The van der Waals surface area contributed by atoms with Crippen LogP contribution < -0.4 is 9.64 Å². The van der Waals surface area contributed by atoms with Crippen molar-refractivity contribution >= 4 is 46.6 Å². The van der Waals surface area contributed by atoms with Crippen LogP contribution in [0.5, 0.6) is 5.75 Å². The van der Waals surface area contributed by atoms with Gasteiger partial charge in [0.2, 0.25) is 0 Å². The number of hydrogen-bond donors (Lipinski definition) is 2. The molecule has 0 atom stereocenters. The van der Waals surface area contributed by atoms with E-state index in [-0.39, 0.29) is 18.1 Å². The summed E-state index contributed by atoms with van der Waals surface area (Å²) in [5, 5.41) is 26.2. The normalized spacial score (nSPS) is 16.5. The van der Waals surface area contributed by atoms with Crippen LogP contribution in [0.3, 0.4) is 0 Å². The van der Waals surface area contributed by atoms with Crippen LogP contribution in [0.15, 0.2) is 53.4 Å². The van der Waals surface area contributed by atoms with E-state index in [0.29, 0.717) is 69.4 Å². The average molecular weight is 616 g/mol. The molecule has 3 aromatic heterocycles.